The van der Waals surface area contributed by atoms with Crippen molar-refractivity contribution in [2.75, 3.05) is 4.90 Å². The zero-order chi connectivity index (χ0) is 29.8. The third-order valence-electron chi connectivity index (χ3n) is 7.54. The Hall–Kier alpha value is -5.48. The highest BCUT2D eigenvalue weighted by Crippen LogP contribution is 2.39. The minimum absolute atomic E-state index is 0.258. The molecule has 4 nitrogen and oxygen atoms in total. The quantitative estimate of drug-likeness (QED) is 0.140. The third kappa shape index (κ3) is 5.68. The highest BCUT2D eigenvalue weighted by molar-refractivity contribution is 6.49. The first-order chi connectivity index (χ1) is 21.0. The second-order valence-corrected chi connectivity index (χ2v) is 10.7. The van der Waals surface area contributed by atoms with Gasteiger partial charge in [-0.3, -0.25) is 14.5 Å². The van der Waals surface area contributed by atoms with Crippen molar-refractivity contribution in [1.29, 1.82) is 0 Å². The first-order valence-electron chi connectivity index (χ1n) is 14.5. The summed E-state index contributed by atoms with van der Waals surface area (Å²) < 4.78 is 0. The van der Waals surface area contributed by atoms with Gasteiger partial charge in [-0.2, -0.15) is 0 Å². The first-order valence-corrected chi connectivity index (χ1v) is 14.5. The molecule has 0 saturated carbocycles. The van der Waals surface area contributed by atoms with E-state index < -0.39 is 0 Å². The Bertz CT molecular complexity index is 1750. The van der Waals surface area contributed by atoms with Crippen molar-refractivity contribution in [1.82, 2.24) is 4.90 Å². The van der Waals surface area contributed by atoms with Crippen LogP contribution in [-0.4, -0.2) is 22.8 Å². The Morgan fingerprint density at radius 2 is 0.860 bits per heavy atom. The highest BCUT2D eigenvalue weighted by atomic mass is 16.2. The molecular formula is C39H32N2O2. The standard InChI is InChI=1S/C39H32N2O2/c1-28(2)40-38(42)36(31-22-20-30(21-23-31)19-18-29-12-6-3-7-13-29)37(39(40)43)32-24-26-35(27-25-32)41(33-14-8-4-9-15-33)34-16-10-5-11-17-34/h3-28H,1-2H3. The van der Waals surface area contributed by atoms with Crippen molar-refractivity contribution in [3.8, 4) is 0 Å². The minimum Gasteiger partial charge on any atom is -0.311 e. The maximum atomic E-state index is 13.8. The van der Waals surface area contributed by atoms with E-state index in [9.17, 15) is 9.59 Å². The number of amides is 2. The van der Waals surface area contributed by atoms with Crippen LogP contribution < -0.4 is 4.90 Å². The van der Waals surface area contributed by atoms with Gasteiger partial charge in [-0.25, -0.2) is 0 Å². The number of carbonyl (C=O) groups excluding carboxylic acids is 2. The molecule has 0 atom stereocenters. The van der Waals surface area contributed by atoms with Crippen LogP contribution in [0.25, 0.3) is 23.3 Å². The van der Waals surface area contributed by atoms with Crippen LogP contribution in [0, 0.1) is 0 Å². The number of rotatable bonds is 8. The van der Waals surface area contributed by atoms with Gasteiger partial charge in [0.05, 0.1) is 11.1 Å². The number of hydrogen-bond donors (Lipinski definition) is 0. The predicted molar refractivity (Wildman–Crippen MR) is 177 cm³/mol. The molecular weight excluding hydrogens is 528 g/mol. The van der Waals surface area contributed by atoms with E-state index in [1.165, 1.54) is 4.90 Å². The van der Waals surface area contributed by atoms with Gasteiger partial charge in [-0.05, 0) is 72.5 Å². The van der Waals surface area contributed by atoms with Crippen LogP contribution in [0.2, 0.25) is 0 Å². The number of benzene rings is 5. The summed E-state index contributed by atoms with van der Waals surface area (Å²) in [7, 11) is 0. The van der Waals surface area contributed by atoms with Gasteiger partial charge in [0.2, 0.25) is 0 Å². The van der Waals surface area contributed by atoms with Crippen LogP contribution in [0.3, 0.4) is 0 Å². The summed E-state index contributed by atoms with van der Waals surface area (Å²) in [5.41, 5.74) is 7.46. The van der Waals surface area contributed by atoms with Gasteiger partial charge in [0.25, 0.3) is 11.8 Å². The van der Waals surface area contributed by atoms with E-state index in [0.717, 1.165) is 39.3 Å². The van der Waals surface area contributed by atoms with E-state index >= 15 is 0 Å². The topological polar surface area (TPSA) is 40.6 Å². The molecule has 5 aromatic rings. The van der Waals surface area contributed by atoms with E-state index in [1.807, 2.05) is 123 Å². The number of carbonyl (C=O) groups is 2. The SMILES string of the molecule is CC(C)N1C(=O)C(c2ccc(C=Cc3ccccc3)cc2)=C(c2ccc(N(c3ccccc3)c3ccccc3)cc2)C1=O. The molecule has 0 N–H and O–H groups in total. The van der Waals surface area contributed by atoms with Gasteiger partial charge in [-0.1, -0.05) is 115 Å². The van der Waals surface area contributed by atoms with Gasteiger partial charge < -0.3 is 4.90 Å². The number of nitrogens with zero attached hydrogens (tertiary/aromatic N) is 2. The molecule has 0 bridgehead atoms. The summed E-state index contributed by atoms with van der Waals surface area (Å²) in [5, 5.41) is 0. The van der Waals surface area contributed by atoms with Crippen LogP contribution in [0.5, 0.6) is 0 Å². The first kappa shape index (κ1) is 27.7. The monoisotopic (exact) mass is 560 g/mol. The molecule has 1 heterocycles. The molecule has 5 aromatic carbocycles. The second-order valence-electron chi connectivity index (χ2n) is 10.7. The van der Waals surface area contributed by atoms with Crippen molar-refractivity contribution in [3.05, 3.63) is 162 Å². The summed E-state index contributed by atoms with van der Waals surface area (Å²) in [6.07, 6.45) is 4.10. The van der Waals surface area contributed by atoms with Crippen molar-refractivity contribution in [3.63, 3.8) is 0 Å². The van der Waals surface area contributed by atoms with Crippen molar-refractivity contribution in [2.45, 2.75) is 19.9 Å². The molecule has 43 heavy (non-hydrogen) atoms. The molecule has 4 heteroatoms. The Labute approximate surface area is 252 Å². The molecule has 0 radical (unpaired) electrons. The molecule has 210 valence electrons. The lowest BCUT2D eigenvalue weighted by Gasteiger charge is -2.25. The molecule has 0 fully saturated rings. The average molecular weight is 561 g/mol. The zero-order valence-corrected chi connectivity index (χ0v) is 24.2. The number of para-hydroxylation sites is 2. The molecule has 6 rings (SSSR count). The largest absolute Gasteiger partial charge is 0.311 e. The van der Waals surface area contributed by atoms with Gasteiger partial charge in [0.1, 0.15) is 0 Å². The molecule has 1 aliphatic rings. The average Bonchev–Trinajstić information content (AvgIpc) is 3.32. The summed E-state index contributed by atoms with van der Waals surface area (Å²) in [6.45, 7) is 3.74. The smallest absolute Gasteiger partial charge is 0.262 e. The normalized spacial score (nSPS) is 13.4. The van der Waals surface area contributed by atoms with Crippen molar-refractivity contribution in [2.24, 2.45) is 0 Å². The zero-order valence-electron chi connectivity index (χ0n) is 24.2. The summed E-state index contributed by atoms with van der Waals surface area (Å²) in [4.78, 5) is 31.0. The van der Waals surface area contributed by atoms with Crippen molar-refractivity contribution >= 4 is 52.2 Å². The Kier molecular flexibility index (Phi) is 7.84. The van der Waals surface area contributed by atoms with E-state index in [0.29, 0.717) is 11.1 Å². The van der Waals surface area contributed by atoms with E-state index in [-0.39, 0.29) is 17.9 Å². The van der Waals surface area contributed by atoms with Gasteiger partial charge >= 0.3 is 0 Å². The summed E-state index contributed by atoms with van der Waals surface area (Å²) in [6, 6.07) is 45.9. The second kappa shape index (κ2) is 12.2. The third-order valence-corrected chi connectivity index (χ3v) is 7.54. The Morgan fingerprint density at radius 3 is 1.30 bits per heavy atom. The highest BCUT2D eigenvalue weighted by Gasteiger charge is 2.40. The molecule has 0 spiro atoms. The van der Waals surface area contributed by atoms with E-state index in [4.69, 9.17) is 0 Å². The lowest BCUT2D eigenvalue weighted by Crippen LogP contribution is -2.37. The maximum Gasteiger partial charge on any atom is 0.262 e. The molecule has 0 aliphatic carbocycles. The van der Waals surface area contributed by atoms with Crippen LogP contribution in [0.1, 0.15) is 36.1 Å². The predicted octanol–water partition coefficient (Wildman–Crippen LogP) is 9.01. The van der Waals surface area contributed by atoms with Gasteiger partial charge in [0, 0.05) is 23.1 Å². The van der Waals surface area contributed by atoms with E-state index in [1.54, 1.807) is 0 Å². The molecule has 0 saturated heterocycles. The van der Waals surface area contributed by atoms with Crippen LogP contribution in [0.4, 0.5) is 17.1 Å². The Balaban J connectivity index is 1.38. The molecule has 0 aromatic heterocycles. The van der Waals surface area contributed by atoms with Gasteiger partial charge in [-0.15, -0.1) is 0 Å². The molecule has 2 amide bonds. The lowest BCUT2D eigenvalue weighted by atomic mass is 9.95. The van der Waals surface area contributed by atoms with Crippen LogP contribution in [0.15, 0.2) is 140 Å². The number of hydrogen-bond acceptors (Lipinski definition) is 3. The van der Waals surface area contributed by atoms with Crippen LogP contribution >= 0.6 is 0 Å². The maximum absolute atomic E-state index is 13.8. The van der Waals surface area contributed by atoms with Crippen LogP contribution in [-0.2, 0) is 9.59 Å². The molecule has 0 unspecified atom stereocenters. The fraction of sp³-hybridized carbons (Fsp3) is 0.0769. The number of imide groups is 1. The van der Waals surface area contributed by atoms with Crippen molar-refractivity contribution < 1.29 is 9.59 Å². The Morgan fingerprint density at radius 1 is 0.488 bits per heavy atom. The number of anilines is 3. The fourth-order valence-electron chi connectivity index (χ4n) is 5.45. The van der Waals surface area contributed by atoms with E-state index in [2.05, 4.69) is 47.4 Å². The summed E-state index contributed by atoms with van der Waals surface area (Å²) >= 11 is 0. The minimum atomic E-state index is -0.265. The molecule has 1 aliphatic heterocycles. The fourth-order valence-corrected chi connectivity index (χ4v) is 5.45. The summed E-state index contributed by atoms with van der Waals surface area (Å²) in [5.74, 6) is -0.527. The van der Waals surface area contributed by atoms with Gasteiger partial charge in [0.15, 0.2) is 0 Å². The lowest BCUT2D eigenvalue weighted by molar-refractivity contribution is -0.137.